The molecular weight excluding hydrogens is 308 g/mol. The van der Waals surface area contributed by atoms with Crippen LogP contribution in [0.4, 0.5) is 0 Å². The molecule has 1 aliphatic rings. The lowest BCUT2D eigenvalue weighted by Crippen LogP contribution is -2.27. The Morgan fingerprint density at radius 2 is 1.95 bits per heavy atom. The highest BCUT2D eigenvalue weighted by atomic mass is 79.9. The SMILES string of the molecule is CCCOc1ccc(Br)cc1C1(CCC)OCCO1. The van der Waals surface area contributed by atoms with Crippen LogP contribution in [-0.2, 0) is 15.3 Å². The first kappa shape index (κ1) is 14.8. The molecular formula is C15H21BrO3. The van der Waals surface area contributed by atoms with Gasteiger partial charge in [-0.2, -0.15) is 0 Å². The third kappa shape index (κ3) is 3.30. The minimum Gasteiger partial charge on any atom is -0.493 e. The van der Waals surface area contributed by atoms with Crippen LogP contribution in [0.15, 0.2) is 22.7 Å². The molecule has 0 unspecified atom stereocenters. The molecule has 0 saturated carbocycles. The second-order valence-corrected chi connectivity index (χ2v) is 5.60. The summed E-state index contributed by atoms with van der Waals surface area (Å²) in [6, 6.07) is 6.02. The number of rotatable bonds is 6. The Kier molecular flexibility index (Phi) is 5.25. The van der Waals surface area contributed by atoms with Crippen molar-refractivity contribution in [3.05, 3.63) is 28.2 Å². The van der Waals surface area contributed by atoms with Crippen molar-refractivity contribution in [2.45, 2.75) is 38.9 Å². The normalized spacial score (nSPS) is 17.6. The zero-order chi connectivity index (χ0) is 13.7. The van der Waals surface area contributed by atoms with Crippen molar-refractivity contribution < 1.29 is 14.2 Å². The topological polar surface area (TPSA) is 27.7 Å². The summed E-state index contributed by atoms with van der Waals surface area (Å²) >= 11 is 3.52. The fourth-order valence-electron chi connectivity index (χ4n) is 2.36. The van der Waals surface area contributed by atoms with Gasteiger partial charge in [0.15, 0.2) is 5.79 Å². The van der Waals surface area contributed by atoms with Gasteiger partial charge in [0.1, 0.15) is 5.75 Å². The Morgan fingerprint density at radius 3 is 2.58 bits per heavy atom. The molecule has 0 amide bonds. The van der Waals surface area contributed by atoms with Gasteiger partial charge in [0.25, 0.3) is 0 Å². The van der Waals surface area contributed by atoms with E-state index < -0.39 is 5.79 Å². The number of hydrogen-bond acceptors (Lipinski definition) is 3. The summed E-state index contributed by atoms with van der Waals surface area (Å²) < 4.78 is 18.7. The monoisotopic (exact) mass is 328 g/mol. The van der Waals surface area contributed by atoms with Gasteiger partial charge >= 0.3 is 0 Å². The second kappa shape index (κ2) is 6.73. The van der Waals surface area contributed by atoms with Gasteiger partial charge in [0.2, 0.25) is 0 Å². The van der Waals surface area contributed by atoms with E-state index in [1.807, 2.05) is 18.2 Å². The molecule has 19 heavy (non-hydrogen) atoms. The predicted molar refractivity (Wildman–Crippen MR) is 78.4 cm³/mol. The lowest BCUT2D eigenvalue weighted by atomic mass is 10.00. The molecule has 0 atom stereocenters. The molecule has 1 aliphatic heterocycles. The van der Waals surface area contributed by atoms with Crippen LogP contribution in [0.25, 0.3) is 0 Å². The molecule has 1 aromatic carbocycles. The van der Waals surface area contributed by atoms with E-state index in [-0.39, 0.29) is 0 Å². The highest BCUT2D eigenvalue weighted by Gasteiger charge is 2.40. The molecule has 0 aromatic heterocycles. The Hall–Kier alpha value is -0.580. The highest BCUT2D eigenvalue weighted by molar-refractivity contribution is 9.10. The molecule has 0 aliphatic carbocycles. The van der Waals surface area contributed by atoms with E-state index in [1.54, 1.807) is 0 Å². The third-order valence-electron chi connectivity index (χ3n) is 3.15. The maximum Gasteiger partial charge on any atom is 0.198 e. The van der Waals surface area contributed by atoms with Crippen molar-refractivity contribution in [2.75, 3.05) is 19.8 Å². The predicted octanol–water partition coefficient (Wildman–Crippen LogP) is 4.24. The summed E-state index contributed by atoms with van der Waals surface area (Å²) in [5, 5.41) is 0. The molecule has 1 fully saturated rings. The Labute approximate surface area is 123 Å². The van der Waals surface area contributed by atoms with Crippen molar-refractivity contribution >= 4 is 15.9 Å². The zero-order valence-corrected chi connectivity index (χ0v) is 13.2. The molecule has 4 heteroatoms. The second-order valence-electron chi connectivity index (χ2n) is 4.69. The van der Waals surface area contributed by atoms with Crippen LogP contribution in [0, 0.1) is 0 Å². The Bertz CT molecular complexity index is 414. The highest BCUT2D eigenvalue weighted by Crippen LogP contribution is 2.42. The van der Waals surface area contributed by atoms with Crippen LogP contribution >= 0.6 is 15.9 Å². The van der Waals surface area contributed by atoms with Crippen LogP contribution < -0.4 is 4.74 Å². The van der Waals surface area contributed by atoms with E-state index in [9.17, 15) is 0 Å². The average molecular weight is 329 g/mol. The maximum atomic E-state index is 5.92. The van der Waals surface area contributed by atoms with E-state index in [4.69, 9.17) is 14.2 Å². The van der Waals surface area contributed by atoms with E-state index in [2.05, 4.69) is 29.8 Å². The van der Waals surface area contributed by atoms with Gasteiger partial charge in [-0.1, -0.05) is 36.2 Å². The van der Waals surface area contributed by atoms with Crippen LogP contribution in [0.5, 0.6) is 5.75 Å². The molecule has 1 heterocycles. The van der Waals surface area contributed by atoms with E-state index in [1.165, 1.54) is 0 Å². The van der Waals surface area contributed by atoms with Crippen molar-refractivity contribution in [3.63, 3.8) is 0 Å². The molecule has 0 N–H and O–H groups in total. The molecule has 0 bridgehead atoms. The van der Waals surface area contributed by atoms with Gasteiger partial charge < -0.3 is 14.2 Å². The van der Waals surface area contributed by atoms with Crippen molar-refractivity contribution in [1.82, 2.24) is 0 Å². The lowest BCUT2D eigenvalue weighted by Gasteiger charge is -2.29. The molecule has 1 saturated heterocycles. The van der Waals surface area contributed by atoms with Crippen LogP contribution in [0.3, 0.4) is 0 Å². The summed E-state index contributed by atoms with van der Waals surface area (Å²) in [5.74, 6) is 0.224. The first-order valence-electron chi connectivity index (χ1n) is 6.92. The number of hydrogen-bond donors (Lipinski definition) is 0. The van der Waals surface area contributed by atoms with Gasteiger partial charge in [-0.15, -0.1) is 0 Å². The smallest absolute Gasteiger partial charge is 0.198 e. The summed E-state index contributed by atoms with van der Waals surface area (Å²) in [5.41, 5.74) is 0.995. The average Bonchev–Trinajstić information content (AvgIpc) is 2.87. The minimum absolute atomic E-state index is 0.637. The lowest BCUT2D eigenvalue weighted by molar-refractivity contribution is -0.172. The van der Waals surface area contributed by atoms with E-state index >= 15 is 0 Å². The first-order chi connectivity index (χ1) is 9.22. The van der Waals surface area contributed by atoms with Crippen LogP contribution in [0.2, 0.25) is 0 Å². The summed E-state index contributed by atoms with van der Waals surface area (Å²) in [7, 11) is 0. The maximum absolute atomic E-state index is 5.92. The molecule has 0 radical (unpaired) electrons. The van der Waals surface area contributed by atoms with Gasteiger partial charge in [-0.25, -0.2) is 0 Å². The molecule has 0 spiro atoms. The van der Waals surface area contributed by atoms with Crippen molar-refractivity contribution in [3.8, 4) is 5.75 Å². The molecule has 3 nitrogen and oxygen atoms in total. The molecule has 106 valence electrons. The fraction of sp³-hybridized carbons (Fsp3) is 0.600. The number of halogens is 1. The van der Waals surface area contributed by atoms with Gasteiger partial charge in [-0.3, -0.25) is 0 Å². The number of ether oxygens (including phenoxy) is 3. The quantitative estimate of drug-likeness (QED) is 0.781. The third-order valence-corrected chi connectivity index (χ3v) is 3.64. The number of benzene rings is 1. The molecule has 2 rings (SSSR count). The summed E-state index contributed by atoms with van der Waals surface area (Å²) in [6.07, 6.45) is 2.82. The minimum atomic E-state index is -0.637. The van der Waals surface area contributed by atoms with Gasteiger partial charge in [-0.05, 0) is 24.6 Å². The van der Waals surface area contributed by atoms with E-state index in [0.717, 1.165) is 35.0 Å². The van der Waals surface area contributed by atoms with E-state index in [0.29, 0.717) is 19.8 Å². The van der Waals surface area contributed by atoms with Crippen LogP contribution in [-0.4, -0.2) is 19.8 Å². The largest absolute Gasteiger partial charge is 0.493 e. The zero-order valence-electron chi connectivity index (χ0n) is 11.6. The first-order valence-corrected chi connectivity index (χ1v) is 7.72. The van der Waals surface area contributed by atoms with Crippen molar-refractivity contribution in [1.29, 1.82) is 0 Å². The van der Waals surface area contributed by atoms with Crippen molar-refractivity contribution in [2.24, 2.45) is 0 Å². The molecule has 1 aromatic rings. The van der Waals surface area contributed by atoms with Crippen LogP contribution in [0.1, 0.15) is 38.7 Å². The summed E-state index contributed by atoms with van der Waals surface area (Å²) in [6.45, 7) is 6.22. The van der Waals surface area contributed by atoms with Gasteiger partial charge in [0.05, 0.1) is 25.4 Å². The Morgan fingerprint density at radius 1 is 1.21 bits per heavy atom. The Balaban J connectivity index is 2.36. The fourth-order valence-corrected chi connectivity index (χ4v) is 2.72. The summed E-state index contributed by atoms with van der Waals surface area (Å²) in [4.78, 5) is 0. The van der Waals surface area contributed by atoms with Gasteiger partial charge in [0, 0.05) is 10.9 Å². The standard InChI is InChI=1S/C15H21BrO3/c1-3-7-15(18-9-10-19-15)13-11-12(16)5-6-14(13)17-8-4-2/h5-6,11H,3-4,7-10H2,1-2H3.